The van der Waals surface area contributed by atoms with Gasteiger partial charge in [0.2, 0.25) is 0 Å². The molecule has 0 aliphatic carbocycles. The Balaban J connectivity index is 0. The van der Waals surface area contributed by atoms with E-state index in [-0.39, 0.29) is 43.4 Å². The van der Waals surface area contributed by atoms with E-state index in [0.29, 0.717) is 10.3 Å². The van der Waals surface area contributed by atoms with Crippen LogP contribution in [0, 0.1) is 4.64 Å². The molecule has 0 spiro atoms. The van der Waals surface area contributed by atoms with Gasteiger partial charge in [0.15, 0.2) is 0 Å². The minimum atomic E-state index is -0.473. The van der Waals surface area contributed by atoms with E-state index < -0.39 is 5.60 Å². The van der Waals surface area contributed by atoms with Crippen LogP contribution in [-0.2, 0) is 16.0 Å². The van der Waals surface area contributed by atoms with E-state index in [4.69, 9.17) is 17.0 Å². The van der Waals surface area contributed by atoms with Crippen molar-refractivity contribution in [3.05, 3.63) is 10.3 Å². The summed E-state index contributed by atoms with van der Waals surface area (Å²) in [6.45, 7) is 5.45. The molecular weight excluding hydrogens is 225 g/mol. The molecule has 80 valence electrons. The molecule has 7 heteroatoms. The minimum absolute atomic E-state index is 0. The van der Waals surface area contributed by atoms with Gasteiger partial charge in [-0.3, -0.25) is 9.89 Å². The van der Waals surface area contributed by atoms with Crippen LogP contribution < -0.4 is 29.6 Å². The second-order valence-corrected chi connectivity index (χ2v) is 4.30. The molecule has 0 saturated heterocycles. The molecule has 0 bridgehead atoms. The van der Waals surface area contributed by atoms with Crippen molar-refractivity contribution < 1.29 is 40.5 Å². The Morgan fingerprint density at radius 2 is 2.20 bits per heavy atom. The number of hydrogen-bond acceptors (Lipinski definition) is 4. The molecule has 0 aliphatic rings. The molecule has 0 fully saturated rings. The van der Waals surface area contributed by atoms with Gasteiger partial charge in [0.1, 0.15) is 15.9 Å². The van der Waals surface area contributed by atoms with Crippen LogP contribution in [-0.4, -0.2) is 27.0 Å². The molecule has 0 atom stereocenters. The second-order valence-electron chi connectivity index (χ2n) is 3.89. The monoisotopic (exact) mass is 239 g/mol. The molecule has 0 aliphatic heterocycles. The molecule has 0 aromatic carbocycles. The van der Waals surface area contributed by atoms with Crippen LogP contribution >= 0.6 is 12.2 Å². The summed E-state index contributed by atoms with van der Waals surface area (Å²) >= 11 is 4.89. The summed E-state index contributed by atoms with van der Waals surface area (Å²) < 4.78 is 5.55. The van der Waals surface area contributed by atoms with E-state index in [0.717, 1.165) is 0 Å². The summed E-state index contributed by atoms with van der Waals surface area (Å²) in [5.74, 6) is -0.330. The van der Waals surface area contributed by atoms with Crippen LogP contribution in [0.4, 0.5) is 0 Å². The quantitative estimate of drug-likeness (QED) is 0.373. The van der Waals surface area contributed by atoms with Gasteiger partial charge in [-0.05, 0) is 20.8 Å². The summed E-state index contributed by atoms with van der Waals surface area (Å²) in [6.07, 6.45) is 0.0934. The van der Waals surface area contributed by atoms with E-state index in [1.165, 1.54) is 0 Å². The second kappa shape index (κ2) is 5.79. The number of esters is 1. The van der Waals surface area contributed by atoms with Gasteiger partial charge in [0.05, 0.1) is 6.42 Å². The Labute approximate surface area is 117 Å². The first-order valence-electron chi connectivity index (χ1n) is 4.22. The fraction of sp³-hybridized carbons (Fsp3) is 0.625. The van der Waals surface area contributed by atoms with Gasteiger partial charge in [-0.15, -0.1) is 0 Å². The van der Waals surface area contributed by atoms with Gasteiger partial charge >= 0.3 is 35.5 Å². The predicted molar refractivity (Wildman–Crippen MR) is 54.4 cm³/mol. The van der Waals surface area contributed by atoms with E-state index in [9.17, 15) is 4.79 Å². The van der Waals surface area contributed by atoms with Crippen LogP contribution in [0.3, 0.4) is 0 Å². The molecule has 1 heterocycles. The third-order valence-corrected chi connectivity index (χ3v) is 1.69. The number of aromatic nitrogens is 3. The summed E-state index contributed by atoms with van der Waals surface area (Å²) in [4.78, 5) is 11.3. The summed E-state index contributed by atoms with van der Waals surface area (Å²) in [7, 11) is 0. The third kappa shape index (κ3) is 5.46. The molecule has 15 heavy (non-hydrogen) atoms. The molecule has 5 nitrogen and oxygen atoms in total. The number of carbonyl (C=O) groups excluding carboxylic acids is 1. The van der Waals surface area contributed by atoms with Gasteiger partial charge in [-0.25, -0.2) is 5.21 Å². The van der Waals surface area contributed by atoms with Crippen molar-refractivity contribution in [3.8, 4) is 0 Å². The zero-order chi connectivity index (χ0) is 10.8. The van der Waals surface area contributed by atoms with Crippen molar-refractivity contribution in [2.75, 3.05) is 0 Å². The summed E-state index contributed by atoms with van der Waals surface area (Å²) in [6, 6.07) is 0. The topological polar surface area (TPSA) is 70.8 Å². The van der Waals surface area contributed by atoms with E-state index in [1.54, 1.807) is 0 Å². The zero-order valence-electron chi connectivity index (χ0n) is 10.4. The van der Waals surface area contributed by atoms with E-state index >= 15 is 0 Å². The molecule has 2 N–H and O–H groups in total. The van der Waals surface area contributed by atoms with Crippen molar-refractivity contribution >= 4 is 18.2 Å². The Morgan fingerprint density at radius 1 is 1.60 bits per heavy atom. The van der Waals surface area contributed by atoms with E-state index in [2.05, 4.69) is 15.4 Å². The first-order chi connectivity index (χ1) is 6.38. The Kier molecular flexibility index (Phi) is 5.72. The standard InChI is InChI=1S/C8H13N3O2S.Na.H/c1-8(2,3)13-6(12)4-5-7(14)10-11-9-5;;/h4H2,1-3H3,(H2,9,10,11,14);;/q;+1;-1. The van der Waals surface area contributed by atoms with Crippen LogP contribution in [0.25, 0.3) is 0 Å². The predicted octanol–water partition coefficient (Wildman–Crippen LogP) is -1.53. The molecule has 0 saturated carbocycles. The number of nitrogens with zero attached hydrogens (tertiary/aromatic N) is 1. The number of ether oxygens (including phenoxy) is 1. The molecule has 1 rings (SSSR count). The molecular formula is C8H14N3NaO2S. The number of hydrogen-bond donors (Lipinski definition) is 2. The maximum atomic E-state index is 11.3. The summed E-state index contributed by atoms with van der Waals surface area (Å²) in [5, 5.41) is 8.89. The van der Waals surface area contributed by atoms with Crippen molar-refractivity contribution in [2.24, 2.45) is 0 Å². The average molecular weight is 239 g/mol. The number of carbonyl (C=O) groups is 1. The van der Waals surface area contributed by atoms with E-state index in [1.807, 2.05) is 20.8 Å². The fourth-order valence-corrected chi connectivity index (χ4v) is 1.07. The normalized spacial score (nSPS) is 10.6. The first-order valence-corrected chi connectivity index (χ1v) is 4.63. The van der Waals surface area contributed by atoms with Crippen molar-refractivity contribution in [1.82, 2.24) is 15.4 Å². The Morgan fingerprint density at radius 3 is 2.60 bits per heavy atom. The molecule has 0 radical (unpaired) electrons. The molecule has 1 aromatic rings. The van der Waals surface area contributed by atoms with Crippen LogP contribution in [0.5, 0.6) is 0 Å². The fourth-order valence-electron chi connectivity index (χ4n) is 0.903. The van der Waals surface area contributed by atoms with Gasteiger partial charge in [-0.2, -0.15) is 5.10 Å². The number of nitrogens with one attached hydrogen (secondary N) is 2. The van der Waals surface area contributed by atoms with Crippen molar-refractivity contribution in [1.29, 1.82) is 0 Å². The van der Waals surface area contributed by atoms with Crippen molar-refractivity contribution in [3.63, 3.8) is 0 Å². The molecule has 0 amide bonds. The van der Waals surface area contributed by atoms with Crippen LogP contribution in [0.1, 0.15) is 27.9 Å². The van der Waals surface area contributed by atoms with Gasteiger partial charge in [0, 0.05) is 0 Å². The third-order valence-electron chi connectivity index (χ3n) is 1.35. The van der Waals surface area contributed by atoms with Gasteiger partial charge in [-0.1, -0.05) is 12.2 Å². The largest absolute Gasteiger partial charge is 1.00 e. The van der Waals surface area contributed by atoms with Gasteiger partial charge < -0.3 is 6.16 Å². The summed E-state index contributed by atoms with van der Waals surface area (Å²) in [5.41, 5.74) is 0.0351. The van der Waals surface area contributed by atoms with Crippen LogP contribution in [0.2, 0.25) is 0 Å². The molecule has 1 aromatic heterocycles. The zero-order valence-corrected chi connectivity index (χ0v) is 12.2. The first kappa shape index (κ1) is 14.8. The number of H-pyrrole nitrogens is 2. The average Bonchev–Trinajstić information content (AvgIpc) is 2.32. The maximum Gasteiger partial charge on any atom is 1.00 e. The molecule has 0 unspecified atom stereocenters. The van der Waals surface area contributed by atoms with Gasteiger partial charge in [0.25, 0.3) is 0 Å². The number of rotatable bonds is 2. The minimum Gasteiger partial charge on any atom is -1.00 e. The Bertz CT molecular complexity index is 385. The maximum absolute atomic E-state index is 11.3. The van der Waals surface area contributed by atoms with Crippen molar-refractivity contribution in [2.45, 2.75) is 32.8 Å². The Hall–Kier alpha value is -0.170. The number of aromatic amines is 2. The smallest absolute Gasteiger partial charge is 1.00 e. The van der Waals surface area contributed by atoms with Crippen LogP contribution in [0.15, 0.2) is 0 Å². The SMILES string of the molecule is CC(C)(C)OC(=O)Cc1n[nH][nH]c1=S.[H-].[Na+].